The van der Waals surface area contributed by atoms with E-state index >= 15 is 0 Å². The molecule has 0 atom stereocenters. The Morgan fingerprint density at radius 2 is 1.95 bits per heavy atom. The number of halogens is 2. The normalized spacial score (nSPS) is 16.1. The summed E-state index contributed by atoms with van der Waals surface area (Å²) in [5.74, 6) is 0. The van der Waals surface area contributed by atoms with E-state index in [1.54, 1.807) is 12.4 Å². The van der Waals surface area contributed by atoms with E-state index in [0.717, 1.165) is 31.9 Å². The van der Waals surface area contributed by atoms with Crippen LogP contribution in [0.15, 0.2) is 29.5 Å². The molecule has 0 N–H and O–H groups in total. The van der Waals surface area contributed by atoms with Crippen molar-refractivity contribution in [1.29, 1.82) is 0 Å². The summed E-state index contributed by atoms with van der Waals surface area (Å²) in [7, 11) is 9.34. The molecule has 0 aromatic carbocycles. The van der Waals surface area contributed by atoms with Gasteiger partial charge in [0.05, 0.1) is 5.69 Å². The minimum Gasteiger partial charge on any atom is -0.515 e. The minimum atomic E-state index is 0.698. The number of thiol groups is 1. The van der Waals surface area contributed by atoms with Crippen LogP contribution in [0, 0.1) is 0 Å². The molecule has 1 aromatic heterocycles. The molecule has 21 heavy (non-hydrogen) atoms. The number of likely N-dealkylation sites (tertiary alicyclic amines) is 1. The summed E-state index contributed by atoms with van der Waals surface area (Å²) < 4.78 is 0. The molecule has 0 spiro atoms. The van der Waals surface area contributed by atoms with Gasteiger partial charge in [-0.05, 0) is 25.0 Å². The van der Waals surface area contributed by atoms with Crippen LogP contribution in [0.2, 0.25) is 0 Å². The van der Waals surface area contributed by atoms with E-state index < -0.39 is 0 Å². The van der Waals surface area contributed by atoms with Crippen LogP contribution < -0.4 is 0 Å². The van der Waals surface area contributed by atoms with Crippen molar-refractivity contribution in [2.24, 2.45) is 5.10 Å². The summed E-state index contributed by atoms with van der Waals surface area (Å²) >= 11 is 5.17. The van der Waals surface area contributed by atoms with Gasteiger partial charge < -0.3 is 10.5 Å². The minimum absolute atomic E-state index is 0.698. The molecule has 0 radical (unpaired) electrons. The van der Waals surface area contributed by atoms with Crippen molar-refractivity contribution in [1.82, 2.24) is 9.88 Å². The van der Waals surface area contributed by atoms with Gasteiger partial charge in [-0.2, -0.15) is 0 Å². The van der Waals surface area contributed by atoms with Crippen molar-refractivity contribution in [3.63, 3.8) is 0 Å². The molecule has 8 heteroatoms. The summed E-state index contributed by atoms with van der Waals surface area (Å²) in [6.45, 7) is 2.06. The van der Waals surface area contributed by atoms with Crippen molar-refractivity contribution >= 4 is 43.7 Å². The summed E-state index contributed by atoms with van der Waals surface area (Å²) in [4.78, 5) is 6.33. The van der Waals surface area contributed by atoms with E-state index in [1.807, 2.05) is 18.2 Å². The second-order valence-electron chi connectivity index (χ2n) is 4.34. The van der Waals surface area contributed by atoms with Crippen molar-refractivity contribution in [3.8, 4) is 0 Å². The Morgan fingerprint density at radius 3 is 2.52 bits per heavy atom. The van der Waals surface area contributed by atoms with Gasteiger partial charge in [0.1, 0.15) is 0 Å². The number of rotatable bonds is 2. The SMILES string of the molecule is [Cl][Cu][Cl].[SH+]=C([N-]N=Cc1ccccn1)N1CCCCCC1. The number of hydrogen-bond acceptors (Lipinski definition) is 2. The predicted molar refractivity (Wildman–Crippen MR) is 90.7 cm³/mol. The van der Waals surface area contributed by atoms with Gasteiger partial charge in [-0.3, -0.25) is 4.98 Å². The monoisotopic (exact) mass is 395 g/mol. The van der Waals surface area contributed by atoms with Crippen LogP contribution in [0.5, 0.6) is 0 Å². The maximum absolute atomic E-state index is 4.67. The molecular weight excluding hydrogens is 379 g/mol. The van der Waals surface area contributed by atoms with Gasteiger partial charge in [-0.15, -0.1) is 0 Å². The van der Waals surface area contributed by atoms with Crippen LogP contribution in [0.3, 0.4) is 0 Å². The van der Waals surface area contributed by atoms with Crippen molar-refractivity contribution in [2.75, 3.05) is 13.1 Å². The van der Waals surface area contributed by atoms with Crippen LogP contribution >= 0.6 is 20.2 Å². The molecular formula is C13H18Cl2CuN4S. The van der Waals surface area contributed by atoms with Gasteiger partial charge in [0.25, 0.3) is 0 Å². The molecule has 1 aliphatic heterocycles. The molecule has 0 aliphatic carbocycles. The molecule has 121 valence electrons. The summed E-state index contributed by atoms with van der Waals surface area (Å²) in [5, 5.41) is 4.73. The van der Waals surface area contributed by atoms with E-state index in [9.17, 15) is 0 Å². The van der Waals surface area contributed by atoms with Crippen molar-refractivity contribution in [3.05, 3.63) is 35.5 Å². The zero-order chi connectivity index (χ0) is 15.3. The molecule has 0 amide bonds. The second-order valence-corrected chi connectivity index (χ2v) is 6.30. The average Bonchev–Trinajstić information content (AvgIpc) is 2.78. The first-order chi connectivity index (χ1) is 10.3. The Kier molecular flexibility index (Phi) is 11.0. The third-order valence-electron chi connectivity index (χ3n) is 2.91. The Balaban J connectivity index is 0.000000677. The summed E-state index contributed by atoms with van der Waals surface area (Å²) in [6, 6.07) is 5.69. The number of nitrogens with zero attached hydrogens (tertiary/aromatic N) is 4. The molecule has 1 saturated heterocycles. The van der Waals surface area contributed by atoms with Crippen molar-refractivity contribution in [2.45, 2.75) is 25.7 Å². The van der Waals surface area contributed by atoms with Gasteiger partial charge in [-0.1, -0.05) is 18.9 Å². The zero-order valence-electron chi connectivity index (χ0n) is 11.4. The Labute approximate surface area is 145 Å². The fraction of sp³-hybridized carbons (Fsp3) is 0.462. The molecule has 0 saturated carbocycles. The van der Waals surface area contributed by atoms with Gasteiger partial charge in [0.2, 0.25) is 0 Å². The van der Waals surface area contributed by atoms with Gasteiger partial charge >= 0.3 is 33.3 Å². The fourth-order valence-corrected chi connectivity index (χ4v) is 2.18. The fourth-order valence-electron chi connectivity index (χ4n) is 1.93. The molecule has 2 heterocycles. The first kappa shape index (κ1) is 18.8. The Hall–Kier alpha value is -0.231. The Bertz CT molecular complexity index is 425. The molecule has 0 bridgehead atoms. The molecule has 1 aliphatic rings. The molecule has 1 aromatic rings. The van der Waals surface area contributed by atoms with Crippen LogP contribution in [0.4, 0.5) is 0 Å². The topological polar surface area (TPSA) is 42.6 Å². The smallest absolute Gasteiger partial charge is 0.189 e. The second kappa shape index (κ2) is 12.3. The van der Waals surface area contributed by atoms with Crippen LogP contribution in [0.1, 0.15) is 31.4 Å². The number of aromatic nitrogens is 1. The van der Waals surface area contributed by atoms with E-state index in [1.165, 1.54) is 25.7 Å². The summed E-state index contributed by atoms with van der Waals surface area (Å²) in [5.41, 5.74) is 4.92. The van der Waals surface area contributed by atoms with Gasteiger partial charge in [-0.25, -0.2) is 4.90 Å². The van der Waals surface area contributed by atoms with Crippen LogP contribution in [-0.4, -0.2) is 34.3 Å². The van der Waals surface area contributed by atoms with E-state index in [2.05, 4.69) is 52.8 Å². The van der Waals surface area contributed by atoms with E-state index in [4.69, 9.17) is 0 Å². The van der Waals surface area contributed by atoms with E-state index in [-0.39, 0.29) is 0 Å². The van der Waals surface area contributed by atoms with Crippen molar-refractivity contribution < 1.29 is 13.1 Å². The predicted octanol–water partition coefficient (Wildman–Crippen LogP) is 3.41. The van der Waals surface area contributed by atoms with Crippen LogP contribution in [0.25, 0.3) is 5.43 Å². The van der Waals surface area contributed by atoms with E-state index in [0.29, 0.717) is 5.11 Å². The van der Waals surface area contributed by atoms with Gasteiger partial charge in [0, 0.05) is 25.5 Å². The molecule has 4 nitrogen and oxygen atoms in total. The largest absolute Gasteiger partial charge is 0.515 e. The first-order valence-electron chi connectivity index (χ1n) is 6.55. The standard InChI is InChI=1S/C13H18N4S.2ClH.Cu/c18-13(17-9-5-1-2-6-10-17)16-15-11-12-7-3-4-8-14-12;;;/h3-4,7-8,11H,1-2,5-6,9-10H2,(H,14,16,18);2*1H;/q;;;+2/p-2. The zero-order valence-corrected chi connectivity index (χ0v) is 14.8. The first-order valence-corrected chi connectivity index (χ1v) is 9.59. The van der Waals surface area contributed by atoms with Gasteiger partial charge in [0.15, 0.2) is 17.3 Å². The third kappa shape index (κ3) is 8.71. The Morgan fingerprint density at radius 1 is 1.29 bits per heavy atom. The molecule has 0 unspecified atom stereocenters. The number of pyridine rings is 1. The molecule has 2 rings (SSSR count). The maximum atomic E-state index is 4.67. The third-order valence-corrected chi connectivity index (χ3v) is 3.29. The number of hydrogen-bond donors (Lipinski definition) is 0. The summed E-state index contributed by atoms with van der Waals surface area (Å²) in [6.07, 6.45) is 8.41. The maximum Gasteiger partial charge on any atom is 0.189 e. The molecule has 1 fully saturated rings. The average molecular weight is 397 g/mol. The van der Waals surface area contributed by atoms with Crippen LogP contribution in [-0.2, 0) is 25.4 Å². The quantitative estimate of drug-likeness (QED) is 0.192.